The molecule has 1 saturated heterocycles. The second kappa shape index (κ2) is 13.5. The maximum Gasteiger partial charge on any atom is 0.320 e. The minimum Gasteiger partial charge on any atom is -0.497 e. The molecule has 1 aliphatic rings. The van der Waals surface area contributed by atoms with Gasteiger partial charge in [-0.2, -0.15) is 18.7 Å². The van der Waals surface area contributed by atoms with Gasteiger partial charge in [-0.25, -0.2) is 4.98 Å². The maximum absolute atomic E-state index is 15.3. The number of nitrogens with two attached hydrogens (primary N) is 1. The average Bonchev–Trinajstić information content (AvgIpc) is 3.63. The highest BCUT2D eigenvalue weighted by atomic mass is 19.3. The molecule has 50 heavy (non-hydrogen) atoms. The number of benzene rings is 3. The molecule has 6 N–H and O–H groups in total. The van der Waals surface area contributed by atoms with Crippen molar-refractivity contribution in [2.45, 2.75) is 49.8 Å². The second-order valence-electron chi connectivity index (χ2n) is 12.1. The average molecular weight is 690 g/mol. The Balaban J connectivity index is 1.60. The number of nitrogen functional groups attached to an aromatic ring is 1. The van der Waals surface area contributed by atoms with Crippen LogP contribution in [-0.2, 0) is 10.3 Å². The van der Waals surface area contributed by atoms with Gasteiger partial charge in [-0.1, -0.05) is 36.4 Å². The van der Waals surface area contributed by atoms with E-state index < -0.39 is 36.5 Å². The summed E-state index contributed by atoms with van der Waals surface area (Å²) in [6.45, 7) is 2.90. The Morgan fingerprint density at radius 2 is 1.64 bits per heavy atom. The molecule has 1 amide bonds. The van der Waals surface area contributed by atoms with Gasteiger partial charge in [-0.3, -0.25) is 9.36 Å². The highest BCUT2D eigenvalue weighted by molar-refractivity contribution is 5.95. The second-order valence-corrected chi connectivity index (χ2v) is 12.1. The van der Waals surface area contributed by atoms with Crippen LogP contribution in [0.25, 0.3) is 11.2 Å². The Bertz CT molecular complexity index is 1940. The summed E-state index contributed by atoms with van der Waals surface area (Å²) in [5.41, 5.74) is 7.16. The van der Waals surface area contributed by atoms with E-state index in [0.717, 1.165) is 10.9 Å². The van der Waals surface area contributed by atoms with E-state index in [2.05, 4.69) is 25.6 Å². The monoisotopic (exact) mass is 689 g/mol. The standard InChI is InChI=1S/C35H37F2N7O6/c1-19(2)40-31(47)20-6-5-7-23(16-20)34(21-8-12-24(48-3)13-9-21,22-10-14-25(49-4)15-11-22)43-29-27-30(42-33(38)41-29)44(18-39-27)32-35(36,37)28(46)26(17-45)50-32/h5-16,18-19,26,28,32,45-46H,17H2,1-4H3,(H,40,47)(H3,38,41,42,43)/t26-,28-,32-/m1/s1. The summed E-state index contributed by atoms with van der Waals surface area (Å²) < 4.78 is 47.8. The van der Waals surface area contributed by atoms with Crippen molar-refractivity contribution < 1.29 is 38.0 Å². The van der Waals surface area contributed by atoms with Crippen LogP contribution in [0.4, 0.5) is 20.5 Å². The van der Waals surface area contributed by atoms with E-state index in [-0.39, 0.29) is 34.9 Å². The van der Waals surface area contributed by atoms with Gasteiger partial charge in [0, 0.05) is 11.6 Å². The number of imidazole rings is 1. The molecular weight excluding hydrogens is 652 g/mol. The van der Waals surface area contributed by atoms with Gasteiger partial charge < -0.3 is 40.8 Å². The first-order valence-corrected chi connectivity index (χ1v) is 15.7. The Labute approximate surface area is 286 Å². The van der Waals surface area contributed by atoms with Crippen LogP contribution < -0.4 is 25.8 Å². The summed E-state index contributed by atoms with van der Waals surface area (Å²) in [6, 6.07) is 21.5. The third-order valence-corrected chi connectivity index (χ3v) is 8.58. The van der Waals surface area contributed by atoms with Crippen LogP contribution in [-0.4, -0.2) is 80.6 Å². The van der Waals surface area contributed by atoms with Crippen LogP contribution >= 0.6 is 0 Å². The number of fused-ring (bicyclic) bond motifs is 1. The van der Waals surface area contributed by atoms with Gasteiger partial charge in [0.25, 0.3) is 5.91 Å². The van der Waals surface area contributed by atoms with E-state index in [1.165, 1.54) is 0 Å². The number of alkyl halides is 2. The molecule has 3 aromatic carbocycles. The Morgan fingerprint density at radius 1 is 1.02 bits per heavy atom. The molecule has 13 nitrogen and oxygen atoms in total. The van der Waals surface area contributed by atoms with Gasteiger partial charge in [0.2, 0.25) is 12.2 Å². The fourth-order valence-electron chi connectivity index (χ4n) is 6.13. The maximum atomic E-state index is 15.3. The Hall–Kier alpha value is -5.38. The van der Waals surface area contributed by atoms with Gasteiger partial charge in [0.15, 0.2) is 23.1 Å². The fraction of sp³-hybridized carbons (Fsp3) is 0.314. The number of methoxy groups -OCH3 is 2. The predicted molar refractivity (Wildman–Crippen MR) is 180 cm³/mol. The summed E-state index contributed by atoms with van der Waals surface area (Å²) in [6.07, 6.45) is -4.77. The molecule has 3 atom stereocenters. The van der Waals surface area contributed by atoms with Crippen molar-refractivity contribution in [2.75, 3.05) is 31.9 Å². The minimum absolute atomic E-state index is 0.0562. The number of halogens is 2. The highest BCUT2D eigenvalue weighted by Crippen LogP contribution is 2.45. The van der Waals surface area contributed by atoms with Crippen LogP contribution in [0.2, 0.25) is 0 Å². The number of aliphatic hydroxyl groups is 2. The van der Waals surface area contributed by atoms with Gasteiger partial charge in [0.05, 0.1) is 27.2 Å². The molecule has 0 bridgehead atoms. The number of hydrogen-bond acceptors (Lipinski definition) is 11. The molecule has 6 rings (SSSR count). The van der Waals surface area contributed by atoms with E-state index in [1.807, 2.05) is 44.2 Å². The zero-order valence-electron chi connectivity index (χ0n) is 27.7. The van der Waals surface area contributed by atoms with Gasteiger partial charge >= 0.3 is 5.92 Å². The number of aromatic nitrogens is 4. The van der Waals surface area contributed by atoms with Gasteiger partial charge in [0.1, 0.15) is 23.1 Å². The first-order valence-electron chi connectivity index (χ1n) is 15.7. The molecule has 3 heterocycles. The smallest absolute Gasteiger partial charge is 0.320 e. The van der Waals surface area contributed by atoms with Crippen molar-refractivity contribution >= 4 is 28.8 Å². The number of carbonyl (C=O) groups excluding carboxylic acids is 1. The minimum atomic E-state index is -3.80. The molecule has 15 heteroatoms. The molecule has 0 spiro atoms. The van der Waals surface area contributed by atoms with Crippen molar-refractivity contribution in [1.82, 2.24) is 24.8 Å². The number of nitrogens with zero attached hydrogens (tertiary/aromatic N) is 4. The first-order chi connectivity index (χ1) is 23.9. The molecule has 2 aromatic heterocycles. The normalized spacial score (nSPS) is 18.7. The van der Waals surface area contributed by atoms with Gasteiger partial charge in [-0.15, -0.1) is 0 Å². The number of anilines is 2. The lowest BCUT2D eigenvalue weighted by atomic mass is 9.76. The molecule has 0 unspecified atom stereocenters. The van der Waals surface area contributed by atoms with Crippen molar-refractivity contribution in [3.8, 4) is 11.5 Å². The third-order valence-electron chi connectivity index (χ3n) is 8.58. The van der Waals surface area contributed by atoms with Crippen molar-refractivity contribution in [3.63, 3.8) is 0 Å². The highest BCUT2D eigenvalue weighted by Gasteiger charge is 2.59. The fourth-order valence-corrected chi connectivity index (χ4v) is 6.13. The SMILES string of the molecule is COc1ccc(C(Nc2nc(N)nc3c2ncn3[C@@H]2O[C@H](CO)[C@@H](O)C2(F)F)(c2ccc(OC)cc2)c2cccc(C(=O)NC(C)C)c2)cc1. The van der Waals surface area contributed by atoms with Crippen LogP contribution in [0.15, 0.2) is 79.1 Å². The van der Waals surface area contributed by atoms with E-state index >= 15 is 8.78 Å². The number of nitrogens with one attached hydrogen (secondary N) is 2. The largest absolute Gasteiger partial charge is 0.497 e. The van der Waals surface area contributed by atoms with Crippen molar-refractivity contribution in [1.29, 1.82) is 0 Å². The number of carbonyl (C=O) groups is 1. The zero-order chi connectivity index (χ0) is 35.8. The molecule has 0 aliphatic carbocycles. The van der Waals surface area contributed by atoms with E-state index in [0.29, 0.717) is 33.8 Å². The van der Waals surface area contributed by atoms with Crippen LogP contribution in [0.1, 0.15) is 47.1 Å². The lowest BCUT2D eigenvalue weighted by molar-refractivity contribution is -0.138. The summed E-state index contributed by atoms with van der Waals surface area (Å²) in [5, 5.41) is 26.2. The molecule has 262 valence electrons. The molecule has 0 saturated carbocycles. The molecule has 0 radical (unpaired) electrons. The lowest BCUT2D eigenvalue weighted by Crippen LogP contribution is -2.39. The number of hydrogen-bond donors (Lipinski definition) is 5. The summed E-state index contributed by atoms with van der Waals surface area (Å²) in [4.78, 5) is 26.4. The zero-order valence-corrected chi connectivity index (χ0v) is 27.7. The molecular formula is C35H37F2N7O6. The van der Waals surface area contributed by atoms with E-state index in [4.69, 9.17) is 19.9 Å². The lowest BCUT2D eigenvalue weighted by Gasteiger charge is -2.37. The van der Waals surface area contributed by atoms with Crippen LogP contribution in [0.5, 0.6) is 11.5 Å². The summed E-state index contributed by atoms with van der Waals surface area (Å²) in [5.74, 6) is -3.11. The first kappa shape index (κ1) is 34.5. The van der Waals surface area contributed by atoms with E-state index in [9.17, 15) is 15.0 Å². The van der Waals surface area contributed by atoms with E-state index in [1.54, 1.807) is 56.7 Å². The van der Waals surface area contributed by atoms with Crippen LogP contribution in [0.3, 0.4) is 0 Å². The molecule has 5 aromatic rings. The van der Waals surface area contributed by atoms with Crippen LogP contribution in [0, 0.1) is 0 Å². The van der Waals surface area contributed by atoms with Crippen molar-refractivity contribution in [2.24, 2.45) is 0 Å². The van der Waals surface area contributed by atoms with Gasteiger partial charge in [-0.05, 0) is 66.9 Å². The van der Waals surface area contributed by atoms with Crippen molar-refractivity contribution in [3.05, 3.63) is 101 Å². The Morgan fingerprint density at radius 3 is 2.18 bits per heavy atom. The third kappa shape index (κ3) is 6.03. The molecule has 1 aliphatic heterocycles. The molecule has 1 fully saturated rings. The number of rotatable bonds is 11. The number of amides is 1. The summed E-state index contributed by atoms with van der Waals surface area (Å²) in [7, 11) is 3.10. The number of ether oxygens (including phenoxy) is 3. The topological polar surface area (TPSA) is 179 Å². The predicted octanol–water partition coefficient (Wildman–Crippen LogP) is 3.85. The Kier molecular flexibility index (Phi) is 9.31. The quantitative estimate of drug-likeness (QED) is 0.127. The summed E-state index contributed by atoms with van der Waals surface area (Å²) >= 11 is 0. The number of aliphatic hydroxyl groups excluding tert-OH is 2.